The van der Waals surface area contributed by atoms with Gasteiger partial charge in [-0.15, -0.1) is 0 Å². The van der Waals surface area contributed by atoms with Crippen molar-refractivity contribution < 1.29 is 4.74 Å². The van der Waals surface area contributed by atoms with Crippen molar-refractivity contribution in [3.8, 4) is 5.69 Å². The van der Waals surface area contributed by atoms with Crippen molar-refractivity contribution in [2.45, 2.75) is 64.2 Å². The number of piperidine rings is 1. The first kappa shape index (κ1) is 15.6. The lowest BCUT2D eigenvalue weighted by Gasteiger charge is -2.28. The maximum absolute atomic E-state index is 6.51. The highest BCUT2D eigenvalue weighted by molar-refractivity contribution is 5.48. The molecule has 2 atom stereocenters. The van der Waals surface area contributed by atoms with Crippen LogP contribution in [0.2, 0.25) is 0 Å². The Balaban J connectivity index is 1.50. The van der Waals surface area contributed by atoms with Crippen molar-refractivity contribution in [2.24, 2.45) is 5.92 Å². The molecule has 132 valence electrons. The zero-order chi connectivity index (χ0) is 17.0. The molecule has 0 spiro atoms. The lowest BCUT2D eigenvalue weighted by molar-refractivity contribution is -0.0675. The van der Waals surface area contributed by atoms with E-state index in [1.54, 1.807) is 0 Å². The van der Waals surface area contributed by atoms with Gasteiger partial charge in [0.1, 0.15) is 5.72 Å². The lowest BCUT2D eigenvalue weighted by Crippen LogP contribution is -2.42. The van der Waals surface area contributed by atoms with Crippen LogP contribution in [-0.4, -0.2) is 22.1 Å². The van der Waals surface area contributed by atoms with Crippen LogP contribution in [0, 0.1) is 19.8 Å². The van der Waals surface area contributed by atoms with Crippen LogP contribution < -0.4 is 5.32 Å². The second kappa shape index (κ2) is 5.68. The molecule has 2 heterocycles. The summed E-state index contributed by atoms with van der Waals surface area (Å²) in [4.78, 5) is 0. The fourth-order valence-electron chi connectivity index (χ4n) is 4.76. The van der Waals surface area contributed by atoms with E-state index in [0.29, 0.717) is 12.5 Å². The van der Waals surface area contributed by atoms with E-state index in [9.17, 15) is 0 Å². The largest absolute Gasteiger partial charge is 0.354 e. The van der Waals surface area contributed by atoms with Crippen molar-refractivity contribution in [3.63, 3.8) is 0 Å². The Morgan fingerprint density at radius 1 is 1.24 bits per heavy atom. The molecule has 1 aromatic carbocycles. The summed E-state index contributed by atoms with van der Waals surface area (Å²) in [5.74, 6) is 1.49. The predicted octanol–water partition coefficient (Wildman–Crippen LogP) is 3.98. The zero-order valence-corrected chi connectivity index (χ0v) is 15.2. The molecule has 1 saturated heterocycles. The number of nitrogens with one attached hydrogen (secondary N) is 1. The van der Waals surface area contributed by atoms with E-state index in [-0.39, 0.29) is 5.72 Å². The third-order valence-corrected chi connectivity index (χ3v) is 6.34. The molecule has 25 heavy (non-hydrogen) atoms. The van der Waals surface area contributed by atoms with Crippen LogP contribution in [0.3, 0.4) is 0 Å². The van der Waals surface area contributed by atoms with Crippen LogP contribution in [-0.2, 0) is 11.3 Å². The first-order valence-electron chi connectivity index (χ1n) is 9.68. The van der Waals surface area contributed by atoms with Crippen molar-refractivity contribution >= 4 is 0 Å². The van der Waals surface area contributed by atoms with Gasteiger partial charge in [-0.3, -0.25) is 5.32 Å². The fourth-order valence-corrected chi connectivity index (χ4v) is 4.76. The predicted molar refractivity (Wildman–Crippen MR) is 97.9 cm³/mol. The van der Waals surface area contributed by atoms with Gasteiger partial charge in [0.05, 0.1) is 24.2 Å². The molecule has 0 amide bonds. The molecule has 1 aromatic heterocycles. The van der Waals surface area contributed by atoms with Crippen molar-refractivity contribution in [2.75, 3.05) is 6.54 Å². The molecular weight excluding hydrogens is 310 g/mol. The maximum atomic E-state index is 6.51. The molecule has 3 aliphatic rings. The molecule has 2 aromatic rings. The Morgan fingerprint density at radius 2 is 2.04 bits per heavy atom. The van der Waals surface area contributed by atoms with Crippen molar-refractivity contribution in [3.05, 3.63) is 46.8 Å². The third kappa shape index (κ3) is 2.63. The van der Waals surface area contributed by atoms with Crippen LogP contribution in [0.5, 0.6) is 0 Å². The highest BCUT2D eigenvalue weighted by Gasteiger charge is 2.46. The number of benzene rings is 1. The molecule has 4 heteroatoms. The van der Waals surface area contributed by atoms with E-state index in [0.717, 1.165) is 18.9 Å². The molecule has 3 fully saturated rings. The maximum Gasteiger partial charge on any atom is 0.120 e. The molecule has 0 radical (unpaired) electrons. The molecule has 5 rings (SSSR count). The summed E-state index contributed by atoms with van der Waals surface area (Å²) in [6.45, 7) is 6.11. The van der Waals surface area contributed by atoms with E-state index < -0.39 is 0 Å². The van der Waals surface area contributed by atoms with E-state index in [1.165, 1.54) is 53.8 Å². The number of aromatic nitrogens is 2. The Morgan fingerprint density at radius 3 is 2.64 bits per heavy atom. The minimum absolute atomic E-state index is 0.0820. The highest BCUT2D eigenvalue weighted by atomic mass is 16.5. The van der Waals surface area contributed by atoms with Gasteiger partial charge in [-0.05, 0) is 74.5 Å². The standard InChI is InChI=1S/C21H27N3O/c1-14-4-3-5-15(2)20(14)24-19(18(12-23-24)17-6-7-17)13-25-21-9-8-16(10-21)11-22-21/h3-5,12,16-17,22H,6-11,13H2,1-2H3. The first-order valence-corrected chi connectivity index (χ1v) is 9.68. The fraction of sp³-hybridized carbons (Fsp3) is 0.571. The smallest absolute Gasteiger partial charge is 0.120 e. The van der Waals surface area contributed by atoms with Gasteiger partial charge in [0, 0.05) is 6.54 Å². The number of ether oxygens (including phenoxy) is 1. The van der Waals surface area contributed by atoms with Gasteiger partial charge >= 0.3 is 0 Å². The van der Waals surface area contributed by atoms with Gasteiger partial charge < -0.3 is 4.74 Å². The second-order valence-corrected chi connectivity index (χ2v) is 8.25. The molecule has 2 unspecified atom stereocenters. The molecule has 2 aliphatic carbocycles. The van der Waals surface area contributed by atoms with Crippen LogP contribution in [0.25, 0.3) is 5.69 Å². The van der Waals surface area contributed by atoms with Gasteiger partial charge in [0.2, 0.25) is 0 Å². The minimum Gasteiger partial charge on any atom is -0.354 e. The van der Waals surface area contributed by atoms with E-state index in [2.05, 4.69) is 48.2 Å². The van der Waals surface area contributed by atoms with E-state index in [1.807, 2.05) is 0 Å². The molecule has 4 nitrogen and oxygen atoms in total. The number of rotatable bonds is 5. The summed E-state index contributed by atoms with van der Waals surface area (Å²) in [5, 5.41) is 8.42. The van der Waals surface area contributed by atoms with Crippen LogP contribution in [0.4, 0.5) is 0 Å². The minimum atomic E-state index is -0.0820. The summed E-state index contributed by atoms with van der Waals surface area (Å²) in [7, 11) is 0. The van der Waals surface area contributed by atoms with E-state index >= 15 is 0 Å². The summed E-state index contributed by atoms with van der Waals surface area (Å²) in [6.07, 6.45) is 8.28. The Hall–Kier alpha value is -1.65. The van der Waals surface area contributed by atoms with Crippen LogP contribution in [0.1, 0.15) is 60.4 Å². The molecule has 2 saturated carbocycles. The number of aryl methyl sites for hydroxylation is 2. The third-order valence-electron chi connectivity index (χ3n) is 6.34. The number of nitrogens with zero attached hydrogens (tertiary/aromatic N) is 2. The Bertz CT molecular complexity index is 777. The van der Waals surface area contributed by atoms with Gasteiger partial charge in [-0.1, -0.05) is 18.2 Å². The van der Waals surface area contributed by atoms with Crippen molar-refractivity contribution in [1.29, 1.82) is 0 Å². The van der Waals surface area contributed by atoms with Gasteiger partial charge in [-0.25, -0.2) is 4.68 Å². The summed E-state index contributed by atoms with van der Waals surface area (Å²) < 4.78 is 8.66. The van der Waals surface area contributed by atoms with Gasteiger partial charge in [0.25, 0.3) is 0 Å². The SMILES string of the molecule is Cc1cccc(C)c1-n1ncc(C2CC2)c1COC12CCC(CN1)C2. The second-order valence-electron chi connectivity index (χ2n) is 8.25. The number of fused-ring (bicyclic) bond motifs is 2. The first-order chi connectivity index (χ1) is 12.2. The quantitative estimate of drug-likeness (QED) is 0.897. The highest BCUT2D eigenvalue weighted by Crippen LogP contribution is 2.44. The zero-order valence-electron chi connectivity index (χ0n) is 15.2. The summed E-state index contributed by atoms with van der Waals surface area (Å²) in [5.41, 5.74) is 6.32. The van der Waals surface area contributed by atoms with Crippen LogP contribution in [0.15, 0.2) is 24.4 Å². The van der Waals surface area contributed by atoms with E-state index in [4.69, 9.17) is 9.84 Å². The molecule has 1 aliphatic heterocycles. The van der Waals surface area contributed by atoms with Crippen molar-refractivity contribution in [1.82, 2.24) is 15.1 Å². The Labute approximate surface area is 149 Å². The average molecular weight is 337 g/mol. The van der Waals surface area contributed by atoms with Gasteiger partial charge in [0.15, 0.2) is 0 Å². The summed E-state index contributed by atoms with van der Waals surface area (Å²) >= 11 is 0. The number of hydrogen-bond acceptors (Lipinski definition) is 3. The number of para-hydroxylation sites is 1. The number of hydrogen-bond donors (Lipinski definition) is 1. The van der Waals surface area contributed by atoms with Crippen LogP contribution >= 0.6 is 0 Å². The lowest BCUT2D eigenvalue weighted by atomic mass is 10.1. The molecule has 1 N–H and O–H groups in total. The monoisotopic (exact) mass is 337 g/mol. The molecular formula is C21H27N3O. The average Bonchev–Trinajstić information content (AvgIpc) is 3.07. The normalized spacial score (nSPS) is 28.0. The molecule has 2 bridgehead atoms. The Kier molecular flexibility index (Phi) is 3.54. The van der Waals surface area contributed by atoms with Gasteiger partial charge in [-0.2, -0.15) is 5.10 Å². The topological polar surface area (TPSA) is 39.1 Å². The summed E-state index contributed by atoms with van der Waals surface area (Å²) in [6, 6.07) is 6.46.